The summed E-state index contributed by atoms with van der Waals surface area (Å²) in [5.41, 5.74) is 1.92. The van der Waals surface area contributed by atoms with Crippen LogP contribution in [0.15, 0.2) is 24.3 Å². The van der Waals surface area contributed by atoms with Crippen LogP contribution in [0.3, 0.4) is 0 Å². The van der Waals surface area contributed by atoms with Gasteiger partial charge in [-0.1, -0.05) is 45.0 Å². The maximum absolute atomic E-state index is 3.39. The van der Waals surface area contributed by atoms with Gasteiger partial charge in [-0.25, -0.2) is 0 Å². The van der Waals surface area contributed by atoms with Crippen LogP contribution < -0.4 is 0 Å². The van der Waals surface area contributed by atoms with Crippen LogP contribution in [0.5, 0.6) is 0 Å². The maximum Gasteiger partial charge on any atom is -0.0146 e. The zero-order chi connectivity index (χ0) is 11.6. The Labute approximate surface area is 100 Å². The zero-order valence-electron chi connectivity index (χ0n) is 10.8. The summed E-state index contributed by atoms with van der Waals surface area (Å²) in [4.78, 5) is 0. The van der Waals surface area contributed by atoms with E-state index >= 15 is 0 Å². The van der Waals surface area contributed by atoms with Crippen molar-refractivity contribution in [1.82, 2.24) is 0 Å². The lowest BCUT2D eigenvalue weighted by molar-refractivity contribution is 0.169. The van der Waals surface area contributed by atoms with Crippen molar-refractivity contribution in [2.24, 2.45) is 11.3 Å². The summed E-state index contributed by atoms with van der Waals surface area (Å²) in [6, 6.07) is 11.9. The third-order valence-electron chi connectivity index (χ3n) is 4.12. The van der Waals surface area contributed by atoms with E-state index in [1.165, 1.54) is 31.2 Å². The fourth-order valence-corrected chi connectivity index (χ4v) is 2.93. The molecule has 2 rings (SSSR count). The maximum atomic E-state index is 3.39. The van der Waals surface area contributed by atoms with E-state index in [1.807, 2.05) is 6.07 Å². The van der Waals surface area contributed by atoms with Gasteiger partial charge in [-0.05, 0) is 54.6 Å². The Morgan fingerprint density at radius 2 is 1.75 bits per heavy atom. The average molecular weight is 215 g/mol. The first kappa shape index (κ1) is 11.7. The van der Waals surface area contributed by atoms with Crippen LogP contribution in [-0.2, 0) is 0 Å². The molecular weight excluding hydrogens is 192 g/mol. The number of rotatable bonds is 1. The molecule has 0 atom stereocenters. The minimum atomic E-state index is 0.491. The molecule has 0 amide bonds. The molecule has 0 spiro atoms. The number of hydrogen-bond donors (Lipinski definition) is 0. The van der Waals surface area contributed by atoms with Crippen LogP contribution in [0.2, 0.25) is 0 Å². The smallest absolute Gasteiger partial charge is 0.0146 e. The zero-order valence-corrected chi connectivity index (χ0v) is 10.8. The molecule has 0 bridgehead atoms. The Hall–Kier alpha value is -0.780. The topological polar surface area (TPSA) is 0 Å². The van der Waals surface area contributed by atoms with E-state index in [2.05, 4.69) is 45.0 Å². The summed E-state index contributed by atoms with van der Waals surface area (Å²) < 4.78 is 0. The van der Waals surface area contributed by atoms with Gasteiger partial charge in [-0.3, -0.25) is 0 Å². The number of hydrogen-bond acceptors (Lipinski definition) is 0. The molecule has 0 saturated heterocycles. The Bertz CT molecular complexity index is 310. The van der Waals surface area contributed by atoms with Gasteiger partial charge < -0.3 is 0 Å². The van der Waals surface area contributed by atoms with Gasteiger partial charge in [0, 0.05) is 0 Å². The summed E-state index contributed by atoms with van der Waals surface area (Å²) in [7, 11) is 0. The van der Waals surface area contributed by atoms with Gasteiger partial charge in [-0.15, -0.1) is 0 Å². The molecule has 0 aliphatic heterocycles. The summed E-state index contributed by atoms with van der Waals surface area (Å²) in [6.07, 6.45) is 5.47. The lowest BCUT2D eigenvalue weighted by Gasteiger charge is -2.37. The monoisotopic (exact) mass is 215 g/mol. The van der Waals surface area contributed by atoms with Crippen molar-refractivity contribution in [3.05, 3.63) is 35.9 Å². The van der Waals surface area contributed by atoms with Gasteiger partial charge in [0.05, 0.1) is 0 Å². The highest BCUT2D eigenvalue weighted by Crippen LogP contribution is 2.42. The molecule has 1 aliphatic carbocycles. The minimum absolute atomic E-state index is 0.491. The SMILES string of the molecule is CC(C)(C)C1CCC(c2[c]cccc2)CC1. The quantitative estimate of drug-likeness (QED) is 0.631. The molecule has 0 N–H and O–H groups in total. The fourth-order valence-electron chi connectivity index (χ4n) is 2.93. The molecule has 1 radical (unpaired) electrons. The molecular formula is C16H23. The van der Waals surface area contributed by atoms with Crippen LogP contribution >= 0.6 is 0 Å². The summed E-state index contributed by atoms with van der Waals surface area (Å²) in [5, 5.41) is 0. The third-order valence-corrected chi connectivity index (χ3v) is 4.12. The predicted octanol–water partition coefficient (Wildman–Crippen LogP) is 4.81. The lowest BCUT2D eigenvalue weighted by Crippen LogP contribution is -2.25. The van der Waals surface area contributed by atoms with Crippen molar-refractivity contribution in [2.75, 3.05) is 0 Å². The first-order valence-corrected chi connectivity index (χ1v) is 6.54. The van der Waals surface area contributed by atoms with Crippen molar-refractivity contribution >= 4 is 0 Å². The second-order valence-electron chi connectivity index (χ2n) is 6.23. The van der Waals surface area contributed by atoms with Crippen molar-refractivity contribution in [2.45, 2.75) is 52.4 Å². The van der Waals surface area contributed by atoms with E-state index in [9.17, 15) is 0 Å². The molecule has 0 heteroatoms. The highest BCUT2D eigenvalue weighted by atomic mass is 14.3. The first-order valence-electron chi connectivity index (χ1n) is 6.54. The lowest BCUT2D eigenvalue weighted by atomic mass is 9.69. The van der Waals surface area contributed by atoms with Gasteiger partial charge >= 0.3 is 0 Å². The highest BCUT2D eigenvalue weighted by molar-refractivity contribution is 5.18. The second kappa shape index (κ2) is 4.61. The summed E-state index contributed by atoms with van der Waals surface area (Å²) in [6.45, 7) is 7.14. The van der Waals surface area contributed by atoms with Crippen LogP contribution in [0, 0.1) is 17.4 Å². The standard InChI is InChI=1S/C16H23/c1-16(2,3)15-11-9-14(10-12-15)13-7-5-4-6-8-13/h4-7,14-15H,9-12H2,1-3H3. The molecule has 1 aromatic carbocycles. The van der Waals surface area contributed by atoms with Crippen LogP contribution in [0.4, 0.5) is 0 Å². The van der Waals surface area contributed by atoms with Gasteiger partial charge in [0.1, 0.15) is 0 Å². The Kier molecular flexibility index (Phi) is 3.37. The van der Waals surface area contributed by atoms with Crippen molar-refractivity contribution in [3.63, 3.8) is 0 Å². The average Bonchev–Trinajstić information content (AvgIpc) is 2.29. The van der Waals surface area contributed by atoms with Gasteiger partial charge in [0.25, 0.3) is 0 Å². The molecule has 1 aliphatic rings. The molecule has 0 unspecified atom stereocenters. The van der Waals surface area contributed by atoms with E-state index in [1.54, 1.807) is 0 Å². The second-order valence-corrected chi connectivity index (χ2v) is 6.23. The van der Waals surface area contributed by atoms with E-state index < -0.39 is 0 Å². The molecule has 1 fully saturated rings. The molecule has 0 heterocycles. The number of benzene rings is 1. The third kappa shape index (κ3) is 2.66. The van der Waals surface area contributed by atoms with Crippen molar-refractivity contribution in [3.8, 4) is 0 Å². The van der Waals surface area contributed by atoms with E-state index in [0.717, 1.165) is 11.8 Å². The molecule has 0 aromatic heterocycles. The molecule has 1 aromatic rings. The Morgan fingerprint density at radius 1 is 1.06 bits per heavy atom. The van der Waals surface area contributed by atoms with Crippen LogP contribution in [0.1, 0.15) is 57.9 Å². The van der Waals surface area contributed by atoms with E-state index in [0.29, 0.717) is 5.41 Å². The van der Waals surface area contributed by atoms with E-state index in [-0.39, 0.29) is 0 Å². The van der Waals surface area contributed by atoms with Crippen LogP contribution in [0.25, 0.3) is 0 Å². The summed E-state index contributed by atoms with van der Waals surface area (Å²) in [5.74, 6) is 1.67. The fraction of sp³-hybridized carbons (Fsp3) is 0.625. The normalized spacial score (nSPS) is 26.7. The van der Waals surface area contributed by atoms with Crippen LogP contribution in [-0.4, -0.2) is 0 Å². The molecule has 16 heavy (non-hydrogen) atoms. The van der Waals surface area contributed by atoms with Crippen molar-refractivity contribution in [1.29, 1.82) is 0 Å². The summed E-state index contributed by atoms with van der Waals surface area (Å²) >= 11 is 0. The van der Waals surface area contributed by atoms with E-state index in [4.69, 9.17) is 0 Å². The molecule has 1 saturated carbocycles. The predicted molar refractivity (Wildman–Crippen MR) is 69.4 cm³/mol. The van der Waals surface area contributed by atoms with Gasteiger partial charge in [0.2, 0.25) is 0 Å². The first-order chi connectivity index (χ1) is 7.57. The minimum Gasteiger partial charge on any atom is -0.0619 e. The molecule has 0 nitrogen and oxygen atoms in total. The largest absolute Gasteiger partial charge is 0.0619 e. The van der Waals surface area contributed by atoms with Gasteiger partial charge in [0.15, 0.2) is 0 Å². The van der Waals surface area contributed by atoms with Crippen molar-refractivity contribution < 1.29 is 0 Å². The Morgan fingerprint density at radius 3 is 2.25 bits per heavy atom. The highest BCUT2D eigenvalue weighted by Gasteiger charge is 2.29. The molecule has 87 valence electrons. The Balaban J connectivity index is 1.96. The van der Waals surface area contributed by atoms with Gasteiger partial charge in [-0.2, -0.15) is 0 Å².